The molecule has 0 fully saturated rings. The van der Waals surface area contributed by atoms with Crippen LogP contribution in [0.5, 0.6) is 0 Å². The van der Waals surface area contributed by atoms with Crippen LogP contribution in [0.2, 0.25) is 0 Å². The molecule has 1 heterocycles. The van der Waals surface area contributed by atoms with E-state index in [9.17, 15) is 0 Å². The number of hydrogen-bond donors (Lipinski definition) is 0. The highest BCUT2D eigenvalue weighted by atomic mass is 15.5. The molecule has 0 aromatic carbocycles. The number of nitrogens with zero attached hydrogens (tertiary/aromatic N) is 2. The van der Waals surface area contributed by atoms with Crippen LogP contribution < -0.4 is 0 Å². The third-order valence-electron chi connectivity index (χ3n) is 1.53. The van der Waals surface area contributed by atoms with Crippen LogP contribution in [-0.4, -0.2) is 16.4 Å². The predicted octanol–water partition coefficient (Wildman–Crippen LogP) is 2.15. The molecule has 60 valence electrons. The molecular formula is C9H14N2. The first-order valence-electron chi connectivity index (χ1n) is 3.78. The summed E-state index contributed by atoms with van der Waals surface area (Å²) in [4.78, 5) is 0. The van der Waals surface area contributed by atoms with Gasteiger partial charge < -0.3 is 0 Å². The molecule has 0 radical (unpaired) electrons. The quantitative estimate of drug-likeness (QED) is 0.516. The molecule has 0 amide bonds. The van der Waals surface area contributed by atoms with E-state index in [4.69, 9.17) is 0 Å². The van der Waals surface area contributed by atoms with Crippen molar-refractivity contribution in [3.05, 3.63) is 17.8 Å². The number of rotatable bonds is 0. The lowest BCUT2D eigenvalue weighted by Gasteiger charge is -2.33. The maximum atomic E-state index is 4.14. The van der Waals surface area contributed by atoms with Gasteiger partial charge in [0.05, 0.1) is 5.54 Å². The second kappa shape index (κ2) is 2.55. The Hall–Kier alpha value is -1.01. The van der Waals surface area contributed by atoms with Crippen molar-refractivity contribution in [3.8, 4) is 0 Å². The molecule has 0 bridgehead atoms. The minimum atomic E-state index is 0.0574. The monoisotopic (exact) mass is 150 g/mol. The zero-order valence-electron chi connectivity index (χ0n) is 7.55. The van der Waals surface area contributed by atoms with Crippen LogP contribution in [0.1, 0.15) is 27.7 Å². The Morgan fingerprint density at radius 1 is 1.45 bits per heavy atom. The molecule has 0 spiro atoms. The Balaban J connectivity index is 2.91. The molecule has 0 saturated carbocycles. The van der Waals surface area contributed by atoms with Gasteiger partial charge >= 0.3 is 0 Å². The fraction of sp³-hybridized carbons (Fsp3) is 0.556. The summed E-state index contributed by atoms with van der Waals surface area (Å²) in [5.74, 6) is 2.82. The van der Waals surface area contributed by atoms with E-state index < -0.39 is 0 Å². The van der Waals surface area contributed by atoms with E-state index in [0.29, 0.717) is 0 Å². The first-order valence-corrected chi connectivity index (χ1v) is 3.78. The summed E-state index contributed by atoms with van der Waals surface area (Å²) in [6, 6.07) is 0. The Bertz CT molecular complexity index is 237. The van der Waals surface area contributed by atoms with Crippen molar-refractivity contribution < 1.29 is 0 Å². The maximum Gasteiger partial charge on any atom is 0.0553 e. The molecule has 0 atom stereocenters. The van der Waals surface area contributed by atoms with Crippen LogP contribution in [0.25, 0.3) is 0 Å². The van der Waals surface area contributed by atoms with Crippen molar-refractivity contribution in [3.63, 3.8) is 0 Å². The second-order valence-electron chi connectivity index (χ2n) is 3.69. The van der Waals surface area contributed by atoms with Gasteiger partial charge in [-0.2, -0.15) is 0 Å². The molecule has 0 aliphatic carbocycles. The number of allylic oxidation sites excluding steroid dienone is 3. The van der Waals surface area contributed by atoms with Crippen molar-refractivity contribution >= 4 is 5.87 Å². The van der Waals surface area contributed by atoms with Crippen molar-refractivity contribution in [1.29, 1.82) is 0 Å². The first-order chi connectivity index (χ1) is 5.02. The average Bonchev–Trinajstić information content (AvgIpc) is 1.86. The molecule has 0 aromatic heterocycles. The summed E-state index contributed by atoms with van der Waals surface area (Å²) in [6.07, 6.45) is 3.84. The van der Waals surface area contributed by atoms with Gasteiger partial charge in [0.15, 0.2) is 0 Å². The van der Waals surface area contributed by atoms with E-state index in [0.717, 1.165) is 5.70 Å². The highest BCUT2D eigenvalue weighted by Gasteiger charge is 2.21. The summed E-state index contributed by atoms with van der Waals surface area (Å²) < 4.78 is 0. The van der Waals surface area contributed by atoms with Gasteiger partial charge in [-0.3, -0.25) is 5.01 Å². The Morgan fingerprint density at radius 2 is 2.09 bits per heavy atom. The van der Waals surface area contributed by atoms with Crippen molar-refractivity contribution in [2.24, 2.45) is 5.10 Å². The maximum absolute atomic E-state index is 4.14. The van der Waals surface area contributed by atoms with Crippen LogP contribution in [0, 0.1) is 0 Å². The second-order valence-corrected chi connectivity index (χ2v) is 3.69. The van der Waals surface area contributed by atoms with Gasteiger partial charge in [0, 0.05) is 17.6 Å². The van der Waals surface area contributed by atoms with E-state index in [-0.39, 0.29) is 5.54 Å². The topological polar surface area (TPSA) is 15.6 Å². The van der Waals surface area contributed by atoms with Gasteiger partial charge in [0.2, 0.25) is 0 Å². The van der Waals surface area contributed by atoms with Gasteiger partial charge in [-0.25, -0.2) is 0 Å². The minimum absolute atomic E-state index is 0.0574. The van der Waals surface area contributed by atoms with Crippen molar-refractivity contribution in [2.45, 2.75) is 33.2 Å². The van der Waals surface area contributed by atoms with Gasteiger partial charge in [-0.15, -0.1) is 5.10 Å². The fourth-order valence-electron chi connectivity index (χ4n) is 1.08. The molecule has 1 aliphatic rings. The Morgan fingerprint density at radius 3 is 2.45 bits per heavy atom. The highest BCUT2D eigenvalue weighted by Crippen LogP contribution is 2.20. The molecule has 0 unspecified atom stereocenters. The largest absolute Gasteiger partial charge is 0.257 e. The zero-order chi connectivity index (χ0) is 8.48. The summed E-state index contributed by atoms with van der Waals surface area (Å²) in [5.41, 5.74) is 1.22. The lowest BCUT2D eigenvalue weighted by molar-refractivity contribution is 0.194. The standard InChI is InChI=1S/C9H14N2/c1-8-6-5-7-10-11(8)9(2,3)4/h5-6H,1-4H3. The zero-order valence-corrected chi connectivity index (χ0v) is 7.55. The number of hydrazone groups is 1. The van der Waals surface area contributed by atoms with Crippen molar-refractivity contribution in [2.75, 3.05) is 0 Å². The van der Waals surface area contributed by atoms with Crippen molar-refractivity contribution in [1.82, 2.24) is 5.01 Å². The van der Waals surface area contributed by atoms with E-state index in [2.05, 4.69) is 31.7 Å². The lowest BCUT2D eigenvalue weighted by Crippen LogP contribution is -2.36. The van der Waals surface area contributed by atoms with Gasteiger partial charge in [-0.05, 0) is 33.8 Å². The molecule has 2 nitrogen and oxygen atoms in total. The third kappa shape index (κ3) is 1.72. The predicted molar refractivity (Wildman–Crippen MR) is 47.4 cm³/mol. The van der Waals surface area contributed by atoms with E-state index in [1.165, 1.54) is 0 Å². The summed E-state index contributed by atoms with van der Waals surface area (Å²) >= 11 is 0. The van der Waals surface area contributed by atoms with Crippen LogP contribution in [0.3, 0.4) is 0 Å². The minimum Gasteiger partial charge on any atom is -0.257 e. The lowest BCUT2D eigenvalue weighted by atomic mass is 10.1. The Labute approximate surface area is 67.9 Å². The fourth-order valence-corrected chi connectivity index (χ4v) is 1.08. The van der Waals surface area contributed by atoms with Crippen LogP contribution >= 0.6 is 0 Å². The molecule has 2 heteroatoms. The summed E-state index contributed by atoms with van der Waals surface area (Å²) in [7, 11) is 0. The smallest absolute Gasteiger partial charge is 0.0553 e. The van der Waals surface area contributed by atoms with Gasteiger partial charge in [-0.1, -0.05) is 0 Å². The SMILES string of the molecule is CC1=CC=C=NN1C(C)(C)C. The van der Waals surface area contributed by atoms with Crippen LogP contribution in [0.15, 0.2) is 23.0 Å². The average molecular weight is 150 g/mol. The summed E-state index contributed by atoms with van der Waals surface area (Å²) in [5, 5.41) is 6.11. The Kier molecular flexibility index (Phi) is 1.88. The van der Waals surface area contributed by atoms with E-state index in [1.54, 1.807) is 0 Å². The molecule has 0 N–H and O–H groups in total. The molecule has 1 rings (SSSR count). The normalized spacial score (nSPS) is 17.1. The van der Waals surface area contributed by atoms with Crippen LogP contribution in [0.4, 0.5) is 0 Å². The van der Waals surface area contributed by atoms with E-state index in [1.807, 2.05) is 24.1 Å². The van der Waals surface area contributed by atoms with Crippen LogP contribution in [-0.2, 0) is 0 Å². The molecular weight excluding hydrogens is 136 g/mol. The van der Waals surface area contributed by atoms with E-state index >= 15 is 0 Å². The molecule has 0 saturated heterocycles. The molecule has 0 aromatic rings. The molecule has 1 aliphatic heterocycles. The molecule has 11 heavy (non-hydrogen) atoms. The summed E-state index contributed by atoms with van der Waals surface area (Å²) in [6.45, 7) is 8.43. The third-order valence-corrected chi connectivity index (χ3v) is 1.53. The van der Waals surface area contributed by atoms with Gasteiger partial charge in [0.25, 0.3) is 0 Å². The number of hydrogen-bond acceptors (Lipinski definition) is 2. The van der Waals surface area contributed by atoms with Gasteiger partial charge in [0.1, 0.15) is 0 Å². The first kappa shape index (κ1) is 8.09. The highest BCUT2D eigenvalue weighted by molar-refractivity contribution is 5.56.